The first kappa shape index (κ1) is 20.5. The molecule has 0 saturated heterocycles. The van der Waals surface area contributed by atoms with Gasteiger partial charge in [0, 0.05) is 11.1 Å². The summed E-state index contributed by atoms with van der Waals surface area (Å²) in [5, 5.41) is 14.4. The van der Waals surface area contributed by atoms with Crippen molar-refractivity contribution in [3.05, 3.63) is 83.4 Å². The third-order valence-electron chi connectivity index (χ3n) is 4.90. The number of hydrogen-bond donors (Lipinski definition) is 1. The van der Waals surface area contributed by atoms with Crippen molar-refractivity contribution >= 4 is 17.6 Å². The molecule has 0 spiro atoms. The lowest BCUT2D eigenvalue weighted by Gasteiger charge is -2.09. The van der Waals surface area contributed by atoms with Gasteiger partial charge in [-0.1, -0.05) is 17.7 Å². The largest absolute Gasteiger partial charge is 0.497 e. The molecule has 1 aromatic heterocycles. The van der Waals surface area contributed by atoms with Gasteiger partial charge in [-0.2, -0.15) is 5.10 Å². The summed E-state index contributed by atoms with van der Waals surface area (Å²) in [5.41, 5.74) is 3.93. The minimum absolute atomic E-state index is 0.0316. The van der Waals surface area contributed by atoms with E-state index in [0.29, 0.717) is 11.3 Å². The highest BCUT2D eigenvalue weighted by molar-refractivity contribution is 6.33. The molecule has 0 amide bonds. The fourth-order valence-corrected chi connectivity index (χ4v) is 3.46. The van der Waals surface area contributed by atoms with E-state index >= 15 is 0 Å². The van der Waals surface area contributed by atoms with Gasteiger partial charge in [0.25, 0.3) is 0 Å². The molecule has 1 N–H and O–H groups in total. The van der Waals surface area contributed by atoms with Crippen LogP contribution in [0.1, 0.15) is 10.4 Å². The first-order chi connectivity index (χ1) is 15.0. The average molecular weight is 435 g/mol. The molecule has 0 aliphatic rings. The standard InChI is InChI=1S/C24H19ClN2O4/c1-30-18-8-3-15(4-9-18)23-14-22(16-5-12-21(25)20(13-16)24(28)29)26-27(23)17-6-10-19(31-2)11-7-17/h3-14H,1-2H3,(H,28,29). The number of nitrogens with zero attached hydrogens (tertiary/aromatic N) is 2. The van der Waals surface area contributed by atoms with E-state index in [0.717, 1.165) is 28.4 Å². The van der Waals surface area contributed by atoms with Gasteiger partial charge in [0.05, 0.1) is 41.9 Å². The lowest BCUT2D eigenvalue weighted by Crippen LogP contribution is -2.00. The van der Waals surface area contributed by atoms with Crippen LogP contribution in [-0.4, -0.2) is 35.1 Å². The van der Waals surface area contributed by atoms with Gasteiger partial charge in [-0.05, 0) is 66.7 Å². The quantitative estimate of drug-likeness (QED) is 0.429. The summed E-state index contributed by atoms with van der Waals surface area (Å²) in [5.74, 6) is 0.408. The molecule has 0 saturated carbocycles. The van der Waals surface area contributed by atoms with Crippen molar-refractivity contribution in [3.63, 3.8) is 0 Å². The summed E-state index contributed by atoms with van der Waals surface area (Å²) in [7, 11) is 3.24. The summed E-state index contributed by atoms with van der Waals surface area (Å²) >= 11 is 6.03. The maximum absolute atomic E-state index is 11.5. The molecule has 7 heteroatoms. The lowest BCUT2D eigenvalue weighted by molar-refractivity contribution is 0.0697. The molecule has 0 bridgehead atoms. The molecule has 1 heterocycles. The molecule has 0 aliphatic carbocycles. The third kappa shape index (κ3) is 4.11. The van der Waals surface area contributed by atoms with Crippen molar-refractivity contribution in [3.8, 4) is 39.7 Å². The predicted octanol–water partition coefficient (Wildman–Crippen LogP) is 5.58. The van der Waals surface area contributed by atoms with Gasteiger partial charge in [0.15, 0.2) is 0 Å². The van der Waals surface area contributed by atoms with Crippen LogP contribution in [0.2, 0.25) is 5.02 Å². The predicted molar refractivity (Wildman–Crippen MR) is 120 cm³/mol. The van der Waals surface area contributed by atoms with E-state index in [-0.39, 0.29) is 10.6 Å². The molecule has 0 fully saturated rings. The third-order valence-corrected chi connectivity index (χ3v) is 5.23. The van der Waals surface area contributed by atoms with Crippen LogP contribution >= 0.6 is 11.6 Å². The molecule has 0 atom stereocenters. The maximum atomic E-state index is 11.5. The summed E-state index contributed by atoms with van der Waals surface area (Å²) in [6, 6.07) is 22.0. The van der Waals surface area contributed by atoms with Crippen LogP contribution in [0.4, 0.5) is 0 Å². The van der Waals surface area contributed by atoms with Crippen molar-refractivity contribution in [1.29, 1.82) is 0 Å². The highest BCUT2D eigenvalue weighted by Gasteiger charge is 2.16. The number of benzene rings is 3. The molecule has 31 heavy (non-hydrogen) atoms. The SMILES string of the molecule is COc1ccc(-c2cc(-c3ccc(Cl)c(C(=O)O)c3)nn2-c2ccc(OC)cc2)cc1. The van der Waals surface area contributed by atoms with Crippen molar-refractivity contribution in [2.75, 3.05) is 14.2 Å². The Morgan fingerprint density at radius 1 is 0.871 bits per heavy atom. The number of aromatic nitrogens is 2. The Labute approximate surface area is 184 Å². The smallest absolute Gasteiger partial charge is 0.337 e. The zero-order valence-corrected chi connectivity index (χ0v) is 17.6. The number of methoxy groups -OCH3 is 2. The Bertz CT molecular complexity index is 1170. The van der Waals surface area contributed by atoms with Gasteiger partial charge in [0.1, 0.15) is 11.5 Å². The van der Waals surface area contributed by atoms with E-state index in [1.54, 1.807) is 26.4 Å². The van der Waals surface area contributed by atoms with E-state index in [2.05, 4.69) is 0 Å². The second-order valence-electron chi connectivity index (χ2n) is 6.75. The fraction of sp³-hybridized carbons (Fsp3) is 0.0833. The molecule has 156 valence electrons. The fourth-order valence-electron chi connectivity index (χ4n) is 3.26. The molecule has 0 radical (unpaired) electrons. The Balaban J connectivity index is 1.87. The minimum Gasteiger partial charge on any atom is -0.497 e. The van der Waals surface area contributed by atoms with E-state index in [1.807, 2.05) is 59.3 Å². The maximum Gasteiger partial charge on any atom is 0.337 e. The van der Waals surface area contributed by atoms with Gasteiger partial charge >= 0.3 is 5.97 Å². The van der Waals surface area contributed by atoms with E-state index in [1.165, 1.54) is 6.07 Å². The Hall–Kier alpha value is -3.77. The van der Waals surface area contributed by atoms with Crippen LogP contribution in [-0.2, 0) is 0 Å². The molecular weight excluding hydrogens is 416 g/mol. The van der Waals surface area contributed by atoms with Gasteiger partial charge < -0.3 is 14.6 Å². The monoisotopic (exact) mass is 434 g/mol. The van der Waals surface area contributed by atoms with Gasteiger partial charge in [0.2, 0.25) is 0 Å². The topological polar surface area (TPSA) is 73.6 Å². The molecule has 0 aliphatic heterocycles. The van der Waals surface area contributed by atoms with Crippen LogP contribution in [0.25, 0.3) is 28.2 Å². The number of carboxylic acid groups (broad SMARTS) is 1. The number of aromatic carboxylic acids is 1. The molecule has 6 nitrogen and oxygen atoms in total. The molecule has 4 aromatic rings. The Morgan fingerprint density at radius 3 is 2.03 bits per heavy atom. The number of carboxylic acids is 1. The Kier molecular flexibility index (Phi) is 5.64. The van der Waals surface area contributed by atoms with Crippen molar-refractivity contribution < 1.29 is 19.4 Å². The number of hydrogen-bond acceptors (Lipinski definition) is 4. The van der Waals surface area contributed by atoms with E-state index in [4.69, 9.17) is 26.2 Å². The summed E-state index contributed by atoms with van der Waals surface area (Å²) in [4.78, 5) is 11.5. The number of carbonyl (C=O) groups is 1. The summed E-state index contributed by atoms with van der Waals surface area (Å²) < 4.78 is 12.3. The zero-order valence-electron chi connectivity index (χ0n) is 16.9. The second kappa shape index (κ2) is 8.53. The van der Waals surface area contributed by atoms with Crippen molar-refractivity contribution in [2.45, 2.75) is 0 Å². The number of rotatable bonds is 6. The van der Waals surface area contributed by atoms with Crippen LogP contribution in [0.15, 0.2) is 72.8 Å². The number of halogens is 1. The van der Waals surface area contributed by atoms with Crippen molar-refractivity contribution in [1.82, 2.24) is 9.78 Å². The summed E-state index contributed by atoms with van der Waals surface area (Å²) in [6.45, 7) is 0. The summed E-state index contributed by atoms with van der Waals surface area (Å²) in [6.07, 6.45) is 0. The molecular formula is C24H19ClN2O4. The average Bonchev–Trinajstić information content (AvgIpc) is 3.24. The lowest BCUT2D eigenvalue weighted by atomic mass is 10.1. The van der Waals surface area contributed by atoms with Crippen LogP contribution < -0.4 is 9.47 Å². The van der Waals surface area contributed by atoms with Crippen molar-refractivity contribution in [2.24, 2.45) is 0 Å². The Morgan fingerprint density at radius 2 is 1.45 bits per heavy atom. The van der Waals surface area contributed by atoms with Gasteiger partial charge in [-0.15, -0.1) is 0 Å². The second-order valence-corrected chi connectivity index (χ2v) is 7.16. The minimum atomic E-state index is -1.09. The van der Waals surface area contributed by atoms with E-state index < -0.39 is 5.97 Å². The van der Waals surface area contributed by atoms with Gasteiger partial charge in [-0.3, -0.25) is 0 Å². The highest BCUT2D eigenvalue weighted by atomic mass is 35.5. The first-order valence-electron chi connectivity index (χ1n) is 9.42. The first-order valence-corrected chi connectivity index (χ1v) is 9.80. The zero-order chi connectivity index (χ0) is 22.0. The number of ether oxygens (including phenoxy) is 2. The molecule has 4 rings (SSSR count). The van der Waals surface area contributed by atoms with Gasteiger partial charge in [-0.25, -0.2) is 9.48 Å². The highest BCUT2D eigenvalue weighted by Crippen LogP contribution is 2.32. The van der Waals surface area contributed by atoms with Crippen LogP contribution in [0.3, 0.4) is 0 Å². The molecule has 3 aromatic carbocycles. The normalized spacial score (nSPS) is 10.7. The van der Waals surface area contributed by atoms with E-state index in [9.17, 15) is 9.90 Å². The van der Waals surface area contributed by atoms with Crippen LogP contribution in [0.5, 0.6) is 11.5 Å². The van der Waals surface area contributed by atoms with Crippen LogP contribution in [0, 0.1) is 0 Å². The molecule has 0 unspecified atom stereocenters.